The van der Waals surface area contributed by atoms with Crippen molar-refractivity contribution >= 4 is 12.4 Å². The Morgan fingerprint density at radius 1 is 0.958 bits per heavy atom. The highest BCUT2D eigenvalue weighted by Crippen LogP contribution is 2.37. The Hall–Kier alpha value is -1.35. The predicted octanol–water partition coefficient (Wildman–Crippen LogP) is 4.29. The number of rotatable bonds is 3. The first-order valence-corrected chi connectivity index (χ1v) is 8.91. The van der Waals surface area contributed by atoms with E-state index in [4.69, 9.17) is 4.74 Å². The lowest BCUT2D eigenvalue weighted by molar-refractivity contribution is -0.0765. The fraction of sp³-hybridized carbons (Fsp3) is 0.429. The van der Waals surface area contributed by atoms with Crippen molar-refractivity contribution in [2.24, 2.45) is 5.92 Å². The van der Waals surface area contributed by atoms with E-state index in [1.165, 1.54) is 53.7 Å². The van der Waals surface area contributed by atoms with Crippen LogP contribution < -0.4 is 0 Å². The van der Waals surface area contributed by atoms with Gasteiger partial charge in [-0.1, -0.05) is 42.5 Å². The highest BCUT2D eigenvalue weighted by atomic mass is 35.5. The molecule has 6 rings (SSSR count). The van der Waals surface area contributed by atoms with Gasteiger partial charge in [-0.2, -0.15) is 0 Å². The van der Waals surface area contributed by atoms with Gasteiger partial charge in [0.15, 0.2) is 0 Å². The third kappa shape index (κ3) is 2.77. The molecule has 0 radical (unpaired) electrons. The highest BCUT2D eigenvalue weighted by molar-refractivity contribution is 5.85. The van der Waals surface area contributed by atoms with Gasteiger partial charge in [0.25, 0.3) is 0 Å². The molecule has 3 fully saturated rings. The zero-order valence-electron chi connectivity index (χ0n) is 13.9. The first-order chi connectivity index (χ1) is 11.4. The van der Waals surface area contributed by atoms with E-state index in [0.717, 1.165) is 25.5 Å². The maximum atomic E-state index is 6.30. The van der Waals surface area contributed by atoms with Crippen LogP contribution in [-0.2, 0) is 17.8 Å². The monoisotopic (exact) mass is 341 g/mol. The molecule has 2 aromatic carbocycles. The summed E-state index contributed by atoms with van der Waals surface area (Å²) in [6, 6.07) is 15.7. The van der Waals surface area contributed by atoms with Gasteiger partial charge in [0.1, 0.15) is 0 Å². The third-order valence-electron chi connectivity index (χ3n) is 5.92. The molecule has 3 heteroatoms. The van der Waals surface area contributed by atoms with E-state index in [1.54, 1.807) is 0 Å². The number of hydrogen-bond acceptors (Lipinski definition) is 2. The van der Waals surface area contributed by atoms with Crippen LogP contribution in [-0.4, -0.2) is 30.6 Å². The molecule has 2 nitrogen and oxygen atoms in total. The summed E-state index contributed by atoms with van der Waals surface area (Å²) >= 11 is 0. The molecule has 2 bridgehead atoms. The van der Waals surface area contributed by atoms with E-state index in [2.05, 4.69) is 47.4 Å². The molecule has 2 aromatic rings. The second kappa shape index (κ2) is 6.51. The molecule has 1 unspecified atom stereocenters. The van der Waals surface area contributed by atoms with Crippen molar-refractivity contribution < 1.29 is 4.74 Å². The smallest absolute Gasteiger partial charge is 0.0735 e. The lowest BCUT2D eigenvalue weighted by Gasteiger charge is -2.44. The summed E-state index contributed by atoms with van der Waals surface area (Å²) in [7, 11) is 0. The Labute approximate surface area is 150 Å². The SMILES string of the molecule is Cl.c1ccc2c(c1)Cc1cc(COC3CN4CCC3CC4)ccc1-2. The molecule has 1 aliphatic carbocycles. The molecule has 3 heterocycles. The second-order valence-electron chi connectivity index (χ2n) is 7.31. The molecule has 126 valence electrons. The molecule has 0 N–H and O–H groups in total. The minimum Gasteiger partial charge on any atom is -0.372 e. The average molecular weight is 342 g/mol. The van der Waals surface area contributed by atoms with Gasteiger partial charge in [-0.25, -0.2) is 0 Å². The average Bonchev–Trinajstić information content (AvgIpc) is 2.99. The van der Waals surface area contributed by atoms with Crippen LogP contribution in [0.2, 0.25) is 0 Å². The van der Waals surface area contributed by atoms with Crippen LogP contribution in [0.25, 0.3) is 11.1 Å². The quantitative estimate of drug-likeness (QED) is 0.704. The summed E-state index contributed by atoms with van der Waals surface area (Å²) in [4.78, 5) is 2.56. The Morgan fingerprint density at radius 3 is 2.54 bits per heavy atom. The Kier molecular flexibility index (Phi) is 4.38. The number of nitrogens with zero attached hydrogens (tertiary/aromatic N) is 1. The van der Waals surface area contributed by atoms with Crippen molar-refractivity contribution in [2.45, 2.75) is 32.0 Å². The minimum absolute atomic E-state index is 0. The molecule has 3 aliphatic heterocycles. The molecule has 24 heavy (non-hydrogen) atoms. The van der Waals surface area contributed by atoms with Crippen molar-refractivity contribution in [3.05, 3.63) is 59.2 Å². The van der Waals surface area contributed by atoms with E-state index in [1.807, 2.05) is 0 Å². The molecular weight excluding hydrogens is 318 g/mol. The largest absolute Gasteiger partial charge is 0.372 e. The first kappa shape index (κ1) is 16.1. The van der Waals surface area contributed by atoms with Crippen LogP contribution in [0.15, 0.2) is 42.5 Å². The number of ether oxygens (including phenoxy) is 1. The van der Waals surface area contributed by atoms with Crippen LogP contribution in [0, 0.1) is 5.92 Å². The van der Waals surface area contributed by atoms with Gasteiger partial charge in [-0.05, 0) is 66.1 Å². The van der Waals surface area contributed by atoms with E-state index in [-0.39, 0.29) is 12.4 Å². The van der Waals surface area contributed by atoms with Gasteiger partial charge in [0.2, 0.25) is 0 Å². The van der Waals surface area contributed by atoms with Crippen LogP contribution in [0.4, 0.5) is 0 Å². The number of halogens is 1. The Balaban J connectivity index is 0.00000146. The summed E-state index contributed by atoms with van der Waals surface area (Å²) in [5.41, 5.74) is 7.06. The van der Waals surface area contributed by atoms with Crippen LogP contribution in [0.3, 0.4) is 0 Å². The van der Waals surface area contributed by atoms with E-state index >= 15 is 0 Å². The van der Waals surface area contributed by atoms with Gasteiger partial charge in [0, 0.05) is 6.54 Å². The molecule has 0 aromatic heterocycles. The minimum atomic E-state index is 0. The summed E-state index contributed by atoms with van der Waals surface area (Å²) in [5.74, 6) is 0.790. The highest BCUT2D eigenvalue weighted by Gasteiger charge is 2.34. The summed E-state index contributed by atoms with van der Waals surface area (Å²) in [6.07, 6.45) is 4.16. The van der Waals surface area contributed by atoms with Gasteiger partial charge < -0.3 is 9.64 Å². The first-order valence-electron chi connectivity index (χ1n) is 8.91. The molecule has 4 aliphatic rings. The molecule has 0 amide bonds. The topological polar surface area (TPSA) is 12.5 Å². The number of hydrogen-bond donors (Lipinski definition) is 0. The van der Waals surface area contributed by atoms with Crippen LogP contribution in [0.5, 0.6) is 0 Å². The van der Waals surface area contributed by atoms with Crippen molar-refractivity contribution in [3.8, 4) is 11.1 Å². The van der Waals surface area contributed by atoms with E-state index in [0.29, 0.717) is 6.10 Å². The van der Waals surface area contributed by atoms with Crippen molar-refractivity contribution in [1.82, 2.24) is 4.90 Å². The molecule has 1 atom stereocenters. The zero-order chi connectivity index (χ0) is 15.2. The molecule has 3 saturated heterocycles. The summed E-state index contributed by atoms with van der Waals surface area (Å²) in [6.45, 7) is 4.46. The van der Waals surface area contributed by atoms with Crippen molar-refractivity contribution in [1.29, 1.82) is 0 Å². The maximum Gasteiger partial charge on any atom is 0.0735 e. The lowest BCUT2D eigenvalue weighted by Crippen LogP contribution is -2.51. The van der Waals surface area contributed by atoms with E-state index < -0.39 is 0 Å². The Bertz CT molecular complexity index is 736. The molecule has 0 saturated carbocycles. The summed E-state index contributed by atoms with van der Waals surface area (Å²) in [5, 5.41) is 0. The van der Waals surface area contributed by atoms with Gasteiger partial charge in [-0.15, -0.1) is 12.4 Å². The van der Waals surface area contributed by atoms with Gasteiger partial charge in [0.05, 0.1) is 12.7 Å². The van der Waals surface area contributed by atoms with Crippen molar-refractivity contribution in [3.63, 3.8) is 0 Å². The van der Waals surface area contributed by atoms with Crippen LogP contribution >= 0.6 is 12.4 Å². The Morgan fingerprint density at radius 2 is 1.75 bits per heavy atom. The second-order valence-corrected chi connectivity index (χ2v) is 7.31. The standard InChI is InChI=1S/C21H23NO.ClH/c1-2-4-19-17(3-1)12-18-11-15(5-6-20(18)19)14-23-21-13-22-9-7-16(21)8-10-22;/h1-6,11,16,21H,7-10,12-14H2;1H. The third-order valence-corrected chi connectivity index (χ3v) is 5.92. The summed E-state index contributed by atoms with van der Waals surface area (Å²) < 4.78 is 6.30. The predicted molar refractivity (Wildman–Crippen MR) is 99.7 cm³/mol. The lowest BCUT2D eigenvalue weighted by atomic mass is 9.86. The van der Waals surface area contributed by atoms with Gasteiger partial charge in [-0.3, -0.25) is 0 Å². The van der Waals surface area contributed by atoms with E-state index in [9.17, 15) is 0 Å². The van der Waals surface area contributed by atoms with Crippen LogP contribution in [0.1, 0.15) is 29.5 Å². The fourth-order valence-electron chi connectivity index (χ4n) is 4.59. The molecule has 0 spiro atoms. The zero-order valence-corrected chi connectivity index (χ0v) is 14.7. The number of piperidine rings is 3. The normalized spacial score (nSPS) is 26.6. The number of fused-ring (bicyclic) bond motifs is 6. The molecular formula is C21H24ClNO. The number of benzene rings is 2. The van der Waals surface area contributed by atoms with Gasteiger partial charge >= 0.3 is 0 Å². The maximum absolute atomic E-state index is 6.30. The van der Waals surface area contributed by atoms with Crippen molar-refractivity contribution in [2.75, 3.05) is 19.6 Å². The fourth-order valence-corrected chi connectivity index (χ4v) is 4.59.